The van der Waals surface area contributed by atoms with Gasteiger partial charge in [0.25, 0.3) is 11.1 Å². The van der Waals surface area contributed by atoms with Crippen molar-refractivity contribution in [1.29, 1.82) is 5.26 Å². The van der Waals surface area contributed by atoms with E-state index in [-0.39, 0.29) is 15.9 Å². The predicted molar refractivity (Wildman–Crippen MR) is 129 cm³/mol. The minimum absolute atomic E-state index is 0.0153. The number of amides is 1. The van der Waals surface area contributed by atoms with Crippen molar-refractivity contribution in [2.45, 2.75) is 19.0 Å². The highest BCUT2D eigenvalue weighted by molar-refractivity contribution is 7.90. The van der Waals surface area contributed by atoms with Crippen molar-refractivity contribution in [2.24, 2.45) is 0 Å². The van der Waals surface area contributed by atoms with Crippen LogP contribution in [-0.4, -0.2) is 43.2 Å². The van der Waals surface area contributed by atoms with Crippen molar-refractivity contribution in [1.82, 2.24) is 9.36 Å². The topological polar surface area (TPSA) is 131 Å². The van der Waals surface area contributed by atoms with Crippen LogP contribution in [0.1, 0.15) is 16.7 Å². The molecule has 0 bridgehead atoms. The van der Waals surface area contributed by atoms with Crippen LogP contribution in [0.5, 0.6) is 11.5 Å². The van der Waals surface area contributed by atoms with Gasteiger partial charge in [-0.1, -0.05) is 30.3 Å². The molecule has 0 spiro atoms. The summed E-state index contributed by atoms with van der Waals surface area (Å²) in [6.07, 6.45) is 2.37. The summed E-state index contributed by atoms with van der Waals surface area (Å²) < 4.78 is 38.1. The maximum Gasteiger partial charge on any atom is 0.268 e. The molecule has 1 amide bonds. The number of nitrogens with one attached hydrogen (secondary N) is 1. The number of aromatic nitrogens is 2. The number of carbonyl (C=O) groups is 1. The SMILES string of the molecule is Cc1cccc(C)c1OCCOc1ccc(C=C(C#N)C(=O)Nc2nc(S(C)(=O)=O)ns2)cc1. The van der Waals surface area contributed by atoms with Gasteiger partial charge in [0.05, 0.1) is 0 Å². The van der Waals surface area contributed by atoms with Crippen LogP contribution in [0.2, 0.25) is 0 Å². The van der Waals surface area contributed by atoms with Gasteiger partial charge in [-0.05, 0) is 48.7 Å². The van der Waals surface area contributed by atoms with Gasteiger partial charge in [0.15, 0.2) is 0 Å². The highest BCUT2D eigenvalue weighted by atomic mass is 32.2. The van der Waals surface area contributed by atoms with Crippen molar-refractivity contribution in [2.75, 3.05) is 24.8 Å². The Morgan fingerprint density at radius 2 is 1.76 bits per heavy atom. The van der Waals surface area contributed by atoms with E-state index in [1.54, 1.807) is 24.3 Å². The number of rotatable bonds is 9. The molecule has 1 N–H and O–H groups in total. The number of benzene rings is 2. The van der Waals surface area contributed by atoms with Crippen LogP contribution in [0.25, 0.3) is 6.08 Å². The van der Waals surface area contributed by atoms with Crippen molar-refractivity contribution in [3.63, 3.8) is 0 Å². The lowest BCUT2D eigenvalue weighted by atomic mass is 10.1. The normalized spacial score (nSPS) is 11.5. The quantitative estimate of drug-likeness (QED) is 0.269. The average molecular weight is 499 g/mol. The second kappa shape index (κ2) is 10.9. The van der Waals surface area contributed by atoms with E-state index in [2.05, 4.69) is 14.7 Å². The Balaban J connectivity index is 1.56. The first-order valence-electron chi connectivity index (χ1n) is 10.1. The molecule has 2 aromatic carbocycles. The number of sulfone groups is 1. The van der Waals surface area contributed by atoms with E-state index in [1.165, 1.54) is 6.08 Å². The fourth-order valence-electron chi connectivity index (χ4n) is 2.88. The molecule has 0 unspecified atom stereocenters. The summed E-state index contributed by atoms with van der Waals surface area (Å²) in [7, 11) is -3.59. The van der Waals surface area contributed by atoms with Crippen LogP contribution >= 0.6 is 11.5 Å². The first kappa shape index (κ1) is 24.9. The van der Waals surface area contributed by atoms with E-state index < -0.39 is 15.7 Å². The van der Waals surface area contributed by atoms with Crippen LogP contribution in [0.15, 0.2) is 53.2 Å². The van der Waals surface area contributed by atoms with Crippen molar-refractivity contribution < 1.29 is 22.7 Å². The fraction of sp³-hybridized carbons (Fsp3) is 0.217. The number of aryl methyl sites for hydroxylation is 2. The molecule has 0 aliphatic rings. The van der Waals surface area contributed by atoms with E-state index in [1.807, 2.05) is 38.1 Å². The van der Waals surface area contributed by atoms with Gasteiger partial charge in [-0.3, -0.25) is 10.1 Å². The molecule has 1 aromatic heterocycles. The lowest BCUT2D eigenvalue weighted by Crippen LogP contribution is -2.13. The van der Waals surface area contributed by atoms with E-state index in [4.69, 9.17) is 9.47 Å². The first-order valence-corrected chi connectivity index (χ1v) is 12.7. The minimum atomic E-state index is -3.59. The van der Waals surface area contributed by atoms with Gasteiger partial charge in [-0.15, -0.1) is 0 Å². The Hall–Kier alpha value is -3.75. The zero-order valence-electron chi connectivity index (χ0n) is 18.7. The molecule has 3 rings (SSSR count). The molecule has 11 heteroatoms. The number of hydrogen-bond acceptors (Lipinski definition) is 9. The zero-order valence-corrected chi connectivity index (χ0v) is 20.4. The summed E-state index contributed by atoms with van der Waals surface area (Å²) in [5.41, 5.74) is 2.57. The van der Waals surface area contributed by atoms with Crippen molar-refractivity contribution in [3.05, 3.63) is 64.7 Å². The van der Waals surface area contributed by atoms with E-state index in [0.717, 1.165) is 23.1 Å². The number of nitrogens with zero attached hydrogens (tertiary/aromatic N) is 3. The van der Waals surface area contributed by atoms with Crippen LogP contribution in [-0.2, 0) is 14.6 Å². The zero-order chi connectivity index (χ0) is 24.7. The maximum atomic E-state index is 12.4. The molecule has 0 saturated carbocycles. The fourth-order valence-corrected chi connectivity index (χ4v) is 4.32. The number of carbonyl (C=O) groups excluding carboxylic acids is 1. The van der Waals surface area contributed by atoms with Crippen LogP contribution in [0.3, 0.4) is 0 Å². The molecule has 0 saturated heterocycles. The lowest BCUT2D eigenvalue weighted by Gasteiger charge is -2.12. The molecule has 9 nitrogen and oxygen atoms in total. The Labute approximate surface area is 201 Å². The van der Waals surface area contributed by atoms with Gasteiger partial charge >= 0.3 is 0 Å². The molecule has 176 valence electrons. The monoisotopic (exact) mass is 498 g/mol. The molecule has 34 heavy (non-hydrogen) atoms. The summed E-state index contributed by atoms with van der Waals surface area (Å²) in [5, 5.41) is 11.3. The summed E-state index contributed by atoms with van der Waals surface area (Å²) in [4.78, 5) is 16.1. The average Bonchev–Trinajstić information content (AvgIpc) is 3.26. The lowest BCUT2D eigenvalue weighted by molar-refractivity contribution is -0.112. The highest BCUT2D eigenvalue weighted by Gasteiger charge is 2.17. The maximum absolute atomic E-state index is 12.4. The van der Waals surface area contributed by atoms with Gasteiger partial charge in [-0.2, -0.15) is 14.6 Å². The van der Waals surface area contributed by atoms with Gasteiger partial charge < -0.3 is 9.47 Å². The van der Waals surface area contributed by atoms with Crippen molar-refractivity contribution in [3.8, 4) is 17.6 Å². The van der Waals surface area contributed by atoms with Crippen LogP contribution in [0, 0.1) is 25.2 Å². The largest absolute Gasteiger partial charge is 0.490 e. The Morgan fingerprint density at radius 1 is 1.12 bits per heavy atom. The summed E-state index contributed by atoms with van der Waals surface area (Å²) in [6, 6.07) is 14.7. The predicted octanol–water partition coefficient (Wildman–Crippen LogP) is 3.56. The summed E-state index contributed by atoms with van der Waals surface area (Å²) >= 11 is 0.715. The number of nitriles is 1. The van der Waals surface area contributed by atoms with Gasteiger partial charge in [-0.25, -0.2) is 8.42 Å². The van der Waals surface area contributed by atoms with E-state index in [9.17, 15) is 18.5 Å². The van der Waals surface area contributed by atoms with E-state index in [0.29, 0.717) is 36.1 Å². The second-order valence-electron chi connectivity index (χ2n) is 7.27. The molecular weight excluding hydrogens is 476 g/mol. The third-order valence-corrected chi connectivity index (χ3v) is 6.11. The number of ether oxygens (including phenoxy) is 2. The van der Waals surface area contributed by atoms with Crippen LogP contribution in [0.4, 0.5) is 5.13 Å². The standard InChI is InChI=1S/C23H22N4O5S2/c1-15-5-4-6-16(2)20(15)32-12-11-31-19-9-7-17(8-10-19)13-18(14-24)21(28)25-22-26-23(27-33-22)34(3,29)30/h4-10,13H,11-12H2,1-3H3,(H,25,26,27,28). The smallest absolute Gasteiger partial charge is 0.268 e. The molecule has 3 aromatic rings. The number of anilines is 1. The molecule has 0 atom stereocenters. The highest BCUT2D eigenvalue weighted by Crippen LogP contribution is 2.22. The van der Waals surface area contributed by atoms with Gasteiger partial charge in [0.1, 0.15) is 36.4 Å². The second-order valence-corrected chi connectivity index (χ2v) is 9.93. The first-order chi connectivity index (χ1) is 16.2. The number of hydrogen-bond donors (Lipinski definition) is 1. The van der Waals surface area contributed by atoms with E-state index >= 15 is 0 Å². The third-order valence-electron chi connectivity index (χ3n) is 4.52. The van der Waals surface area contributed by atoms with Gasteiger partial charge in [0.2, 0.25) is 15.0 Å². The minimum Gasteiger partial charge on any atom is -0.490 e. The van der Waals surface area contributed by atoms with Gasteiger partial charge in [0, 0.05) is 17.8 Å². The Bertz CT molecular complexity index is 1340. The molecule has 0 aliphatic carbocycles. The molecular formula is C23H22N4O5S2. The Kier molecular flexibility index (Phi) is 7.99. The molecule has 0 radical (unpaired) electrons. The summed E-state index contributed by atoms with van der Waals surface area (Å²) in [5.74, 6) is 0.755. The molecule has 0 fully saturated rings. The summed E-state index contributed by atoms with van der Waals surface area (Å²) in [6.45, 7) is 4.72. The molecule has 1 heterocycles. The Morgan fingerprint density at radius 3 is 2.35 bits per heavy atom. The number of para-hydroxylation sites is 1. The molecule has 0 aliphatic heterocycles. The van der Waals surface area contributed by atoms with Crippen molar-refractivity contribution >= 4 is 38.5 Å². The third kappa shape index (κ3) is 6.63. The van der Waals surface area contributed by atoms with Crippen LogP contribution < -0.4 is 14.8 Å².